The van der Waals surface area contributed by atoms with E-state index in [2.05, 4.69) is 9.89 Å². The maximum absolute atomic E-state index is 12.8. The van der Waals surface area contributed by atoms with Crippen LogP contribution in [0.25, 0.3) is 5.57 Å². The molecule has 5 nitrogen and oxygen atoms in total. The largest absolute Gasteiger partial charge is 0.491 e. The number of morpholine rings is 1. The zero-order valence-electron chi connectivity index (χ0n) is 16.2. The van der Waals surface area contributed by atoms with Crippen molar-refractivity contribution in [3.05, 3.63) is 46.7 Å². The van der Waals surface area contributed by atoms with Crippen LogP contribution in [-0.4, -0.2) is 48.9 Å². The molecule has 0 atom stereocenters. The van der Waals surface area contributed by atoms with Gasteiger partial charge in [0.15, 0.2) is 5.78 Å². The second-order valence-electron chi connectivity index (χ2n) is 7.56. The maximum atomic E-state index is 12.8. The number of carbonyl (C=O) groups is 1. The Kier molecular flexibility index (Phi) is 4.87. The summed E-state index contributed by atoms with van der Waals surface area (Å²) in [5, 5.41) is 0. The molecule has 0 aromatic heterocycles. The van der Waals surface area contributed by atoms with Gasteiger partial charge < -0.3 is 14.4 Å². The zero-order valence-corrected chi connectivity index (χ0v) is 16.2. The summed E-state index contributed by atoms with van der Waals surface area (Å²) in [6, 6.07) is 5.99. The van der Waals surface area contributed by atoms with E-state index >= 15 is 0 Å². The zero-order chi connectivity index (χ0) is 19.0. The molecule has 1 fully saturated rings. The molecule has 5 heteroatoms. The highest BCUT2D eigenvalue weighted by atomic mass is 16.5. The average Bonchev–Trinajstić information content (AvgIpc) is 3.25. The molecule has 27 heavy (non-hydrogen) atoms. The summed E-state index contributed by atoms with van der Waals surface area (Å²) in [4.78, 5) is 19.7. The van der Waals surface area contributed by atoms with Gasteiger partial charge in [-0.15, -0.1) is 0 Å². The van der Waals surface area contributed by atoms with Crippen molar-refractivity contribution < 1.29 is 14.3 Å². The Hall–Kier alpha value is -2.40. The summed E-state index contributed by atoms with van der Waals surface area (Å²) >= 11 is 0. The molecular weight excluding hydrogens is 340 g/mol. The van der Waals surface area contributed by atoms with Gasteiger partial charge in [0.05, 0.1) is 19.3 Å². The van der Waals surface area contributed by atoms with Crippen molar-refractivity contribution in [1.29, 1.82) is 0 Å². The first-order valence-electron chi connectivity index (χ1n) is 9.65. The van der Waals surface area contributed by atoms with Crippen LogP contribution in [-0.2, 0) is 16.0 Å². The number of hydrogen-bond donors (Lipinski definition) is 0. The first-order valence-corrected chi connectivity index (χ1v) is 9.65. The fourth-order valence-electron chi connectivity index (χ4n) is 3.93. The summed E-state index contributed by atoms with van der Waals surface area (Å²) in [6.07, 6.45) is 3.28. The lowest BCUT2D eigenvalue weighted by Crippen LogP contribution is -2.40. The van der Waals surface area contributed by atoms with E-state index in [0.29, 0.717) is 6.42 Å². The molecule has 0 saturated carbocycles. The first-order chi connectivity index (χ1) is 13.0. The number of fused-ring (bicyclic) bond motifs is 1. The number of amidine groups is 1. The molecule has 3 aliphatic rings. The van der Waals surface area contributed by atoms with E-state index < -0.39 is 0 Å². The van der Waals surface area contributed by atoms with Gasteiger partial charge in [-0.3, -0.25) is 4.79 Å². The van der Waals surface area contributed by atoms with Crippen molar-refractivity contribution >= 4 is 17.2 Å². The van der Waals surface area contributed by atoms with Crippen LogP contribution in [0.2, 0.25) is 0 Å². The van der Waals surface area contributed by atoms with Gasteiger partial charge in [-0.05, 0) is 55.2 Å². The van der Waals surface area contributed by atoms with Crippen LogP contribution in [0, 0.1) is 0 Å². The highest BCUT2D eigenvalue weighted by Crippen LogP contribution is 2.38. The fraction of sp³-hybridized carbons (Fsp3) is 0.455. The van der Waals surface area contributed by atoms with Gasteiger partial charge in [0.1, 0.15) is 11.6 Å². The Bertz CT molecular complexity index is 858. The van der Waals surface area contributed by atoms with Crippen LogP contribution in [0.1, 0.15) is 38.3 Å². The molecule has 4 rings (SSSR count). The summed E-state index contributed by atoms with van der Waals surface area (Å²) in [6.45, 7) is 9.32. The number of nitrogens with zero attached hydrogens (tertiary/aromatic N) is 2. The fourth-order valence-corrected chi connectivity index (χ4v) is 3.93. The Labute approximate surface area is 160 Å². The summed E-state index contributed by atoms with van der Waals surface area (Å²) in [7, 11) is 0. The molecule has 0 unspecified atom stereocenters. The second-order valence-corrected chi connectivity index (χ2v) is 7.56. The van der Waals surface area contributed by atoms with Gasteiger partial charge in [0, 0.05) is 37.7 Å². The summed E-state index contributed by atoms with van der Waals surface area (Å²) < 4.78 is 11.3. The van der Waals surface area contributed by atoms with Crippen LogP contribution in [0.3, 0.4) is 0 Å². The Morgan fingerprint density at radius 2 is 2.00 bits per heavy atom. The second kappa shape index (κ2) is 7.31. The highest BCUT2D eigenvalue weighted by molar-refractivity contribution is 6.27. The number of carbonyl (C=O) groups excluding carboxylic acids is 1. The first kappa shape index (κ1) is 18.0. The summed E-state index contributed by atoms with van der Waals surface area (Å²) in [5.41, 5.74) is 5.08. The molecule has 0 bridgehead atoms. The molecule has 1 aromatic carbocycles. The smallest absolute Gasteiger partial charge is 0.168 e. The van der Waals surface area contributed by atoms with Crippen molar-refractivity contribution in [2.75, 3.05) is 26.3 Å². The number of ketones is 1. The molecule has 2 heterocycles. The van der Waals surface area contributed by atoms with E-state index in [0.717, 1.165) is 72.2 Å². The minimum Gasteiger partial charge on any atom is -0.491 e. The van der Waals surface area contributed by atoms with Crippen LogP contribution in [0.5, 0.6) is 5.75 Å². The lowest BCUT2D eigenvalue weighted by Gasteiger charge is -2.28. The van der Waals surface area contributed by atoms with Gasteiger partial charge in [0.2, 0.25) is 0 Å². The number of aliphatic imine (C=N–C) groups is 1. The van der Waals surface area contributed by atoms with Crippen molar-refractivity contribution in [3.8, 4) is 5.75 Å². The molecular formula is C22H26N2O3. The van der Waals surface area contributed by atoms with Crippen molar-refractivity contribution in [1.82, 2.24) is 4.90 Å². The van der Waals surface area contributed by atoms with Crippen molar-refractivity contribution in [2.45, 2.75) is 39.7 Å². The van der Waals surface area contributed by atoms with E-state index in [-0.39, 0.29) is 11.9 Å². The van der Waals surface area contributed by atoms with E-state index in [4.69, 9.17) is 9.47 Å². The molecule has 1 aliphatic carbocycles. The van der Waals surface area contributed by atoms with Crippen LogP contribution < -0.4 is 4.74 Å². The molecule has 1 saturated heterocycles. The molecule has 0 spiro atoms. The lowest BCUT2D eigenvalue weighted by atomic mass is 9.95. The molecule has 0 radical (unpaired) electrons. The third-order valence-corrected chi connectivity index (χ3v) is 5.30. The minimum absolute atomic E-state index is 0.107. The lowest BCUT2D eigenvalue weighted by molar-refractivity contribution is -0.112. The van der Waals surface area contributed by atoms with Gasteiger partial charge in [-0.2, -0.15) is 0 Å². The monoisotopic (exact) mass is 366 g/mol. The number of benzene rings is 1. The van der Waals surface area contributed by atoms with Crippen LogP contribution in [0.4, 0.5) is 0 Å². The van der Waals surface area contributed by atoms with E-state index in [1.807, 2.05) is 45.2 Å². The quantitative estimate of drug-likeness (QED) is 0.770. The predicted octanol–water partition coefficient (Wildman–Crippen LogP) is 3.39. The molecule has 0 N–H and O–H groups in total. The molecule has 1 aromatic rings. The predicted molar refractivity (Wildman–Crippen MR) is 106 cm³/mol. The van der Waals surface area contributed by atoms with E-state index in [1.54, 1.807) is 0 Å². The number of hydrogen-bond acceptors (Lipinski definition) is 5. The number of Topliss-reactive ketones (excluding diaryl/α,β-unsaturated/α-hetero) is 1. The number of ether oxygens (including phenoxy) is 2. The third kappa shape index (κ3) is 3.56. The Balaban J connectivity index is 1.59. The molecule has 142 valence electrons. The molecule has 2 aliphatic heterocycles. The molecule has 0 amide bonds. The highest BCUT2D eigenvalue weighted by Gasteiger charge is 2.29. The van der Waals surface area contributed by atoms with Gasteiger partial charge in [0.25, 0.3) is 0 Å². The van der Waals surface area contributed by atoms with Crippen LogP contribution in [0.15, 0.2) is 40.5 Å². The minimum atomic E-state index is 0.107. The van der Waals surface area contributed by atoms with E-state index in [1.165, 1.54) is 0 Å². The average molecular weight is 366 g/mol. The van der Waals surface area contributed by atoms with Crippen molar-refractivity contribution in [3.63, 3.8) is 0 Å². The Morgan fingerprint density at radius 1 is 1.22 bits per heavy atom. The number of rotatable bonds is 3. The number of allylic oxidation sites excluding steroid dienone is 2. The van der Waals surface area contributed by atoms with Crippen LogP contribution >= 0.6 is 0 Å². The topological polar surface area (TPSA) is 51.1 Å². The SMILES string of the molecule is C/C(C1=CN=C(N2CCOCC2)C1)=C1/C(=O)Cc2ccc(OC(C)C)cc21. The van der Waals surface area contributed by atoms with Gasteiger partial charge in [-0.25, -0.2) is 4.99 Å². The van der Waals surface area contributed by atoms with Gasteiger partial charge in [-0.1, -0.05) is 6.07 Å². The maximum Gasteiger partial charge on any atom is 0.168 e. The standard InChI is InChI=1S/C22H26N2O3/c1-14(2)27-18-5-4-16-10-20(25)22(19(16)12-18)15(3)17-11-21(23-13-17)24-6-8-26-9-7-24/h4-5,12-14H,6-11H2,1-3H3/b22-15-. The Morgan fingerprint density at radius 3 is 2.74 bits per heavy atom. The van der Waals surface area contributed by atoms with Crippen molar-refractivity contribution in [2.24, 2.45) is 4.99 Å². The van der Waals surface area contributed by atoms with E-state index in [9.17, 15) is 4.79 Å². The van der Waals surface area contributed by atoms with Gasteiger partial charge >= 0.3 is 0 Å². The third-order valence-electron chi connectivity index (χ3n) is 5.30. The normalized spacial score (nSPS) is 21.3. The summed E-state index contributed by atoms with van der Waals surface area (Å²) in [5.74, 6) is 2.08.